The molecule has 0 aromatic carbocycles. The molecule has 1 amide bonds. The van der Waals surface area contributed by atoms with E-state index in [0.29, 0.717) is 12.8 Å². The van der Waals surface area contributed by atoms with Crippen LogP contribution in [0, 0.1) is 0 Å². The van der Waals surface area contributed by atoms with Crippen molar-refractivity contribution in [1.29, 1.82) is 0 Å². The zero-order valence-corrected chi connectivity index (χ0v) is 7.75. The first-order chi connectivity index (χ1) is 6.09. The number of carbonyl (C=O) groups is 2. The molecular weight excluding hydrogens is 170 g/mol. The number of rotatable bonds is 2. The average Bonchev–Trinajstić information content (AvgIpc) is 2.08. The maximum atomic E-state index is 11.0. The van der Waals surface area contributed by atoms with Crippen molar-refractivity contribution in [3.05, 3.63) is 0 Å². The summed E-state index contributed by atoms with van der Waals surface area (Å²) in [5.41, 5.74) is 0. The molecule has 0 atom stereocenters. The van der Waals surface area contributed by atoms with E-state index in [2.05, 4.69) is 5.32 Å². The van der Waals surface area contributed by atoms with Crippen molar-refractivity contribution >= 4 is 11.7 Å². The monoisotopic (exact) mass is 185 g/mol. The van der Waals surface area contributed by atoms with Crippen LogP contribution in [0.1, 0.15) is 32.6 Å². The second-order valence-electron chi connectivity index (χ2n) is 3.54. The van der Waals surface area contributed by atoms with Crippen molar-refractivity contribution in [3.63, 3.8) is 0 Å². The van der Waals surface area contributed by atoms with E-state index in [-0.39, 0.29) is 12.1 Å². The molecule has 0 saturated heterocycles. The Morgan fingerprint density at radius 1 is 1.23 bits per heavy atom. The molecule has 1 aliphatic carbocycles. The minimum absolute atomic E-state index is 0.0693. The molecule has 74 valence electrons. The number of hydrogen-bond acceptors (Lipinski definition) is 3. The van der Waals surface area contributed by atoms with E-state index in [1.807, 2.05) is 0 Å². The SMILES string of the molecule is CC(=O)C(=O)N[C@H]1CC[C@@H](O)CC1. The molecule has 2 N–H and O–H groups in total. The van der Waals surface area contributed by atoms with Crippen molar-refractivity contribution in [2.45, 2.75) is 44.8 Å². The van der Waals surface area contributed by atoms with Crippen LogP contribution in [0.2, 0.25) is 0 Å². The van der Waals surface area contributed by atoms with Gasteiger partial charge in [-0.25, -0.2) is 0 Å². The topological polar surface area (TPSA) is 66.4 Å². The van der Waals surface area contributed by atoms with Gasteiger partial charge in [-0.2, -0.15) is 0 Å². The third-order valence-electron chi connectivity index (χ3n) is 2.35. The first-order valence-corrected chi connectivity index (χ1v) is 4.59. The lowest BCUT2D eigenvalue weighted by Gasteiger charge is -2.25. The van der Waals surface area contributed by atoms with Crippen LogP contribution in [0.4, 0.5) is 0 Å². The highest BCUT2D eigenvalue weighted by Gasteiger charge is 2.21. The summed E-state index contributed by atoms with van der Waals surface area (Å²) >= 11 is 0. The van der Waals surface area contributed by atoms with Gasteiger partial charge in [-0.3, -0.25) is 9.59 Å². The lowest BCUT2D eigenvalue weighted by Crippen LogP contribution is -2.41. The summed E-state index contributed by atoms with van der Waals surface area (Å²) in [7, 11) is 0. The molecule has 1 aliphatic rings. The number of aliphatic hydroxyl groups is 1. The van der Waals surface area contributed by atoms with E-state index in [1.54, 1.807) is 0 Å². The van der Waals surface area contributed by atoms with E-state index in [1.165, 1.54) is 6.92 Å². The Bertz CT molecular complexity index is 207. The normalized spacial score (nSPS) is 28.2. The first kappa shape index (κ1) is 10.2. The van der Waals surface area contributed by atoms with E-state index in [0.717, 1.165) is 12.8 Å². The summed E-state index contributed by atoms with van der Waals surface area (Å²) in [5.74, 6) is -0.965. The van der Waals surface area contributed by atoms with Crippen LogP contribution in [0.25, 0.3) is 0 Å². The second kappa shape index (κ2) is 4.37. The highest BCUT2D eigenvalue weighted by atomic mass is 16.3. The van der Waals surface area contributed by atoms with Crippen LogP contribution >= 0.6 is 0 Å². The molecule has 0 spiro atoms. The van der Waals surface area contributed by atoms with Gasteiger partial charge in [-0.1, -0.05) is 0 Å². The fraction of sp³-hybridized carbons (Fsp3) is 0.778. The van der Waals surface area contributed by atoms with Gasteiger partial charge in [0.25, 0.3) is 5.91 Å². The predicted molar refractivity (Wildman–Crippen MR) is 47.1 cm³/mol. The average molecular weight is 185 g/mol. The van der Waals surface area contributed by atoms with E-state index < -0.39 is 11.7 Å². The van der Waals surface area contributed by atoms with Gasteiger partial charge in [0.05, 0.1) is 6.10 Å². The van der Waals surface area contributed by atoms with Crippen LogP contribution < -0.4 is 5.32 Å². The van der Waals surface area contributed by atoms with Crippen molar-refractivity contribution in [1.82, 2.24) is 5.32 Å². The highest BCUT2D eigenvalue weighted by Crippen LogP contribution is 2.17. The fourth-order valence-corrected chi connectivity index (χ4v) is 1.51. The molecule has 1 rings (SSSR count). The van der Waals surface area contributed by atoms with Crippen molar-refractivity contribution in [2.75, 3.05) is 0 Å². The van der Waals surface area contributed by atoms with Crippen LogP contribution in [-0.2, 0) is 9.59 Å². The van der Waals surface area contributed by atoms with E-state index in [9.17, 15) is 14.7 Å². The molecule has 0 aliphatic heterocycles. The van der Waals surface area contributed by atoms with Gasteiger partial charge < -0.3 is 10.4 Å². The van der Waals surface area contributed by atoms with Gasteiger partial charge in [0.2, 0.25) is 5.78 Å². The predicted octanol–water partition coefficient (Wildman–Crippen LogP) is -0.00490. The highest BCUT2D eigenvalue weighted by molar-refractivity contribution is 6.35. The maximum absolute atomic E-state index is 11.0. The molecule has 0 heterocycles. The van der Waals surface area contributed by atoms with Crippen molar-refractivity contribution in [2.24, 2.45) is 0 Å². The first-order valence-electron chi connectivity index (χ1n) is 4.59. The number of carbonyl (C=O) groups excluding carboxylic acids is 2. The van der Waals surface area contributed by atoms with Gasteiger partial charge in [0.1, 0.15) is 0 Å². The molecule has 0 aromatic heterocycles. The van der Waals surface area contributed by atoms with E-state index in [4.69, 9.17) is 0 Å². The van der Waals surface area contributed by atoms with Gasteiger partial charge in [0, 0.05) is 13.0 Å². The Hall–Kier alpha value is -0.900. The summed E-state index contributed by atoms with van der Waals surface area (Å²) in [6.07, 6.45) is 2.72. The molecule has 4 nitrogen and oxygen atoms in total. The standard InChI is InChI=1S/C9H15NO3/c1-6(11)9(13)10-7-2-4-8(12)5-3-7/h7-8,12H,2-5H2,1H3,(H,10,13)/t7-,8+. The quantitative estimate of drug-likeness (QED) is 0.595. The largest absolute Gasteiger partial charge is 0.393 e. The molecule has 0 aromatic rings. The Morgan fingerprint density at radius 2 is 1.77 bits per heavy atom. The van der Waals surface area contributed by atoms with Crippen molar-refractivity contribution in [3.8, 4) is 0 Å². The van der Waals surface area contributed by atoms with E-state index >= 15 is 0 Å². The zero-order chi connectivity index (χ0) is 9.84. The number of hydrogen-bond donors (Lipinski definition) is 2. The van der Waals surface area contributed by atoms with Gasteiger partial charge in [0.15, 0.2) is 0 Å². The minimum atomic E-state index is -0.513. The number of ketones is 1. The van der Waals surface area contributed by atoms with Crippen LogP contribution in [0.3, 0.4) is 0 Å². The van der Waals surface area contributed by atoms with Crippen LogP contribution in [0.15, 0.2) is 0 Å². The smallest absolute Gasteiger partial charge is 0.287 e. The third kappa shape index (κ3) is 3.14. The zero-order valence-electron chi connectivity index (χ0n) is 7.75. The summed E-state index contributed by atoms with van der Waals surface area (Å²) in [4.78, 5) is 21.6. The molecule has 0 bridgehead atoms. The van der Waals surface area contributed by atoms with Gasteiger partial charge >= 0.3 is 0 Å². The van der Waals surface area contributed by atoms with Gasteiger partial charge in [-0.15, -0.1) is 0 Å². The second-order valence-corrected chi connectivity index (χ2v) is 3.54. The van der Waals surface area contributed by atoms with Crippen LogP contribution in [-0.4, -0.2) is 28.9 Å². The Kier molecular flexibility index (Phi) is 3.42. The number of aliphatic hydroxyl groups excluding tert-OH is 1. The van der Waals surface area contributed by atoms with Gasteiger partial charge in [-0.05, 0) is 25.7 Å². The molecule has 4 heteroatoms. The van der Waals surface area contributed by atoms with Crippen LogP contribution in [0.5, 0.6) is 0 Å². The Balaban J connectivity index is 2.30. The summed E-state index contributed by atoms with van der Waals surface area (Å²) in [5, 5.41) is 11.8. The Morgan fingerprint density at radius 3 is 2.23 bits per heavy atom. The number of amides is 1. The summed E-state index contributed by atoms with van der Waals surface area (Å²) in [6, 6.07) is 0.0693. The summed E-state index contributed by atoms with van der Waals surface area (Å²) < 4.78 is 0. The summed E-state index contributed by atoms with van der Waals surface area (Å²) in [6.45, 7) is 1.26. The van der Waals surface area contributed by atoms with Crippen molar-refractivity contribution < 1.29 is 14.7 Å². The fourth-order valence-electron chi connectivity index (χ4n) is 1.51. The maximum Gasteiger partial charge on any atom is 0.287 e. The molecule has 1 fully saturated rings. The number of Topliss-reactive ketones (excluding diaryl/α,β-unsaturated/α-hetero) is 1. The Labute approximate surface area is 77.3 Å². The molecular formula is C9H15NO3. The lowest BCUT2D eigenvalue weighted by atomic mass is 9.93. The number of nitrogens with one attached hydrogen (secondary N) is 1. The minimum Gasteiger partial charge on any atom is -0.393 e. The molecule has 13 heavy (non-hydrogen) atoms. The lowest BCUT2D eigenvalue weighted by molar-refractivity contribution is -0.137. The third-order valence-corrected chi connectivity index (χ3v) is 2.35. The molecule has 0 radical (unpaired) electrons. The molecule has 0 unspecified atom stereocenters. The molecule has 1 saturated carbocycles.